The Labute approximate surface area is 94.2 Å². The van der Waals surface area contributed by atoms with Crippen molar-refractivity contribution in [2.24, 2.45) is 0 Å². The first-order valence-electron chi connectivity index (χ1n) is 3.67. The lowest BCUT2D eigenvalue weighted by molar-refractivity contribution is 0.391. The van der Waals surface area contributed by atoms with Gasteiger partial charge in [0, 0.05) is 22.3 Å². The Bertz CT molecular complexity index is 606. The van der Waals surface area contributed by atoms with Gasteiger partial charge in [-0.25, -0.2) is 4.98 Å². The second kappa shape index (κ2) is 3.60. The number of hydrogen-bond acceptors (Lipinski definition) is 5. The van der Waals surface area contributed by atoms with Crippen LogP contribution in [0.2, 0.25) is 5.15 Å². The highest BCUT2D eigenvalue weighted by atomic mass is 35.5. The van der Waals surface area contributed by atoms with Crippen LogP contribution in [-0.2, 0) is 10.4 Å². The maximum Gasteiger partial charge on any atom is 0.447 e. The summed E-state index contributed by atoms with van der Waals surface area (Å²) in [4.78, 5) is 3.82. The quantitative estimate of drug-likeness (QED) is 0.665. The average Bonchev–Trinajstić information content (AvgIpc) is 2.45. The summed E-state index contributed by atoms with van der Waals surface area (Å²) in [5.41, 5.74) is 0. The summed E-state index contributed by atoms with van der Waals surface area (Å²) >= 11 is 6.82. The predicted molar refractivity (Wildman–Crippen MR) is 56.8 cm³/mol. The van der Waals surface area contributed by atoms with Gasteiger partial charge < -0.3 is 4.18 Å². The summed E-state index contributed by atoms with van der Waals surface area (Å²) in [5, 5.41) is 0.888. The van der Waals surface area contributed by atoms with Crippen molar-refractivity contribution < 1.29 is 17.2 Å². The van der Waals surface area contributed by atoms with E-state index in [4.69, 9.17) is 16.2 Å². The van der Waals surface area contributed by atoms with E-state index >= 15 is 0 Å². The number of fused-ring (bicyclic) bond motifs is 1. The molecule has 0 amide bonds. The Hall–Kier alpha value is -0.890. The fourth-order valence-electron chi connectivity index (χ4n) is 1.05. The smallest absolute Gasteiger partial charge is 0.351 e. The Morgan fingerprint density at radius 1 is 1.53 bits per heavy atom. The summed E-state index contributed by atoms with van der Waals surface area (Å²) in [6.45, 7) is 0. The molecule has 0 radical (unpaired) electrons. The molecule has 0 aromatic carbocycles. The first kappa shape index (κ1) is 10.6. The standard InChI is InChI=1S/C7H4ClNO4S2/c8-7-4-3-6(13-15(10,11)12)14-5(4)1-2-9-7/h1-3H,(H,10,11,12). The molecule has 2 heterocycles. The number of nitrogens with zero attached hydrogens (tertiary/aromatic N) is 1. The zero-order valence-corrected chi connectivity index (χ0v) is 9.43. The minimum Gasteiger partial charge on any atom is -0.351 e. The van der Waals surface area contributed by atoms with Gasteiger partial charge in [0.15, 0.2) is 5.06 Å². The van der Waals surface area contributed by atoms with Gasteiger partial charge >= 0.3 is 10.4 Å². The molecule has 2 aromatic rings. The molecule has 2 rings (SSSR count). The van der Waals surface area contributed by atoms with Gasteiger partial charge in [-0.1, -0.05) is 22.9 Å². The van der Waals surface area contributed by atoms with Crippen LogP contribution in [0.1, 0.15) is 0 Å². The molecule has 0 aliphatic rings. The van der Waals surface area contributed by atoms with E-state index in [0.29, 0.717) is 5.39 Å². The lowest BCUT2D eigenvalue weighted by Crippen LogP contribution is -2.05. The maximum absolute atomic E-state index is 10.5. The van der Waals surface area contributed by atoms with Crippen LogP contribution in [0.5, 0.6) is 5.06 Å². The molecular formula is C7H4ClNO4S2. The van der Waals surface area contributed by atoms with E-state index in [0.717, 1.165) is 16.0 Å². The highest BCUT2D eigenvalue weighted by molar-refractivity contribution is 7.81. The van der Waals surface area contributed by atoms with Gasteiger partial charge in [0.1, 0.15) is 5.15 Å². The van der Waals surface area contributed by atoms with Crippen molar-refractivity contribution >= 4 is 43.4 Å². The lowest BCUT2D eigenvalue weighted by Gasteiger charge is -1.93. The van der Waals surface area contributed by atoms with Crippen molar-refractivity contribution in [1.82, 2.24) is 4.98 Å². The van der Waals surface area contributed by atoms with Gasteiger partial charge in [0.2, 0.25) is 0 Å². The van der Waals surface area contributed by atoms with E-state index in [1.807, 2.05) is 0 Å². The Morgan fingerprint density at radius 2 is 2.27 bits per heavy atom. The molecule has 0 fully saturated rings. The van der Waals surface area contributed by atoms with Crippen molar-refractivity contribution in [2.75, 3.05) is 0 Å². The molecule has 5 nitrogen and oxygen atoms in total. The molecule has 0 spiro atoms. The fourth-order valence-corrected chi connectivity index (χ4v) is 2.76. The maximum atomic E-state index is 10.5. The molecule has 0 bridgehead atoms. The Balaban J connectivity index is 2.53. The van der Waals surface area contributed by atoms with Gasteiger partial charge in [0.25, 0.3) is 0 Å². The highest BCUT2D eigenvalue weighted by Gasteiger charge is 2.12. The number of hydrogen-bond donors (Lipinski definition) is 1. The molecule has 1 N–H and O–H groups in total. The van der Waals surface area contributed by atoms with Gasteiger partial charge in [-0.05, 0) is 6.07 Å². The van der Waals surface area contributed by atoms with Crippen LogP contribution in [0.15, 0.2) is 18.3 Å². The van der Waals surface area contributed by atoms with Crippen LogP contribution in [-0.4, -0.2) is 18.0 Å². The molecule has 0 aliphatic heterocycles. The summed E-state index contributed by atoms with van der Waals surface area (Å²) in [6, 6.07) is 3.08. The van der Waals surface area contributed by atoms with Crippen LogP contribution in [0, 0.1) is 0 Å². The predicted octanol–water partition coefficient (Wildman–Crippen LogP) is 2.13. The summed E-state index contributed by atoms with van der Waals surface area (Å²) in [6.07, 6.45) is 1.50. The molecule has 8 heteroatoms. The van der Waals surface area contributed by atoms with Gasteiger partial charge in [0.05, 0.1) is 0 Å². The molecule has 0 saturated carbocycles. The number of pyridine rings is 1. The lowest BCUT2D eigenvalue weighted by atomic mass is 10.3. The van der Waals surface area contributed by atoms with Crippen molar-refractivity contribution in [2.45, 2.75) is 0 Å². The Kier molecular flexibility index (Phi) is 2.55. The summed E-state index contributed by atoms with van der Waals surface area (Å²) < 4.78 is 34.4. The number of rotatable bonds is 2. The van der Waals surface area contributed by atoms with Crippen molar-refractivity contribution in [3.05, 3.63) is 23.5 Å². The highest BCUT2D eigenvalue weighted by Crippen LogP contribution is 2.34. The zero-order valence-electron chi connectivity index (χ0n) is 7.05. The summed E-state index contributed by atoms with van der Waals surface area (Å²) in [7, 11) is -4.49. The van der Waals surface area contributed by atoms with E-state index in [-0.39, 0.29) is 10.2 Å². The van der Waals surface area contributed by atoms with Crippen LogP contribution < -0.4 is 4.18 Å². The minimum atomic E-state index is -4.49. The first-order valence-corrected chi connectivity index (χ1v) is 6.22. The Morgan fingerprint density at radius 3 is 2.87 bits per heavy atom. The van der Waals surface area contributed by atoms with Crippen LogP contribution in [0.3, 0.4) is 0 Å². The van der Waals surface area contributed by atoms with Crippen molar-refractivity contribution in [3.8, 4) is 5.06 Å². The number of aromatic nitrogens is 1. The van der Waals surface area contributed by atoms with E-state index in [9.17, 15) is 8.42 Å². The molecule has 0 saturated heterocycles. The summed E-state index contributed by atoms with van der Waals surface area (Å²) in [5.74, 6) is 0. The van der Waals surface area contributed by atoms with E-state index in [1.165, 1.54) is 12.3 Å². The van der Waals surface area contributed by atoms with E-state index in [1.54, 1.807) is 6.07 Å². The molecule has 0 atom stereocenters. The van der Waals surface area contributed by atoms with Gasteiger partial charge in [-0.15, -0.1) is 0 Å². The molecule has 0 unspecified atom stereocenters. The topological polar surface area (TPSA) is 76.5 Å². The molecular weight excluding hydrogens is 262 g/mol. The van der Waals surface area contributed by atoms with Gasteiger partial charge in [-0.2, -0.15) is 8.42 Å². The number of thiophene rings is 1. The molecule has 80 valence electrons. The average molecular weight is 266 g/mol. The SMILES string of the molecule is O=S(=O)(O)Oc1cc2c(Cl)nccc2s1. The van der Waals surface area contributed by atoms with Crippen molar-refractivity contribution in [1.29, 1.82) is 0 Å². The third-order valence-corrected chi connectivity index (χ3v) is 3.34. The van der Waals surface area contributed by atoms with Crippen molar-refractivity contribution in [3.63, 3.8) is 0 Å². The monoisotopic (exact) mass is 265 g/mol. The first-order chi connectivity index (χ1) is 6.96. The van der Waals surface area contributed by atoms with Crippen LogP contribution >= 0.6 is 22.9 Å². The largest absolute Gasteiger partial charge is 0.447 e. The third-order valence-electron chi connectivity index (χ3n) is 1.56. The van der Waals surface area contributed by atoms with Gasteiger partial charge in [-0.3, -0.25) is 4.55 Å². The third kappa shape index (κ3) is 2.37. The zero-order chi connectivity index (χ0) is 11.1. The van der Waals surface area contributed by atoms with Crippen LogP contribution in [0.25, 0.3) is 10.1 Å². The van der Waals surface area contributed by atoms with Crippen LogP contribution in [0.4, 0.5) is 0 Å². The normalized spacial score (nSPS) is 11.9. The second-order valence-electron chi connectivity index (χ2n) is 2.59. The fraction of sp³-hybridized carbons (Fsp3) is 0. The number of halogens is 1. The minimum absolute atomic E-state index is 0.0439. The molecule has 2 aromatic heterocycles. The molecule has 0 aliphatic carbocycles. The van der Waals surface area contributed by atoms with E-state index < -0.39 is 10.4 Å². The molecule has 15 heavy (non-hydrogen) atoms. The second-order valence-corrected chi connectivity index (χ2v) is 5.02. The van der Waals surface area contributed by atoms with E-state index in [2.05, 4.69) is 9.17 Å².